The molecule has 2 heteroatoms. The molecule has 0 fully saturated rings. The molecule has 0 bridgehead atoms. The number of nitrogens with zero attached hydrogens (tertiary/aromatic N) is 2. The zero-order chi connectivity index (χ0) is 35.5. The van der Waals surface area contributed by atoms with E-state index in [-0.39, 0.29) is 5.41 Å². The van der Waals surface area contributed by atoms with E-state index < -0.39 is 0 Å². The lowest BCUT2D eigenvalue weighted by atomic mass is 9.81. The molecular weight excluding hydrogens is 641 g/mol. The Balaban J connectivity index is 1.19. The second-order valence-corrected chi connectivity index (χ2v) is 14.6. The molecule has 0 saturated heterocycles. The Morgan fingerprint density at radius 3 is 1.62 bits per heavy atom. The molecule has 250 valence electrons. The minimum Gasteiger partial charge on any atom is -0.228 e. The van der Waals surface area contributed by atoms with Crippen LogP contribution in [-0.4, -0.2) is 9.97 Å². The minimum atomic E-state index is -0.0705. The van der Waals surface area contributed by atoms with Crippen molar-refractivity contribution in [2.45, 2.75) is 19.3 Å². The normalized spacial score (nSPS) is 12.9. The molecule has 0 aliphatic heterocycles. The minimum absolute atomic E-state index is 0.0705. The van der Waals surface area contributed by atoms with Gasteiger partial charge in [-0.05, 0) is 102 Å². The highest BCUT2D eigenvalue weighted by Crippen LogP contribution is 2.50. The van der Waals surface area contributed by atoms with Gasteiger partial charge in [-0.2, -0.15) is 0 Å². The highest BCUT2D eigenvalue weighted by atomic mass is 14.9. The van der Waals surface area contributed by atoms with Gasteiger partial charge in [0.25, 0.3) is 0 Å². The van der Waals surface area contributed by atoms with Crippen LogP contribution >= 0.6 is 0 Å². The van der Waals surface area contributed by atoms with Gasteiger partial charge >= 0.3 is 0 Å². The first-order chi connectivity index (χ1) is 26.0. The average molecular weight is 677 g/mol. The van der Waals surface area contributed by atoms with E-state index in [0.717, 1.165) is 50.3 Å². The highest BCUT2D eigenvalue weighted by molar-refractivity contribution is 6.13. The fraction of sp³-hybridized carbons (Fsp3) is 0.0588. The number of fused-ring (bicyclic) bond motifs is 6. The topological polar surface area (TPSA) is 25.8 Å². The molecule has 0 saturated carbocycles. The number of rotatable bonds is 5. The number of aromatic nitrogens is 2. The predicted molar refractivity (Wildman–Crippen MR) is 222 cm³/mol. The Morgan fingerprint density at radius 2 is 0.925 bits per heavy atom. The highest BCUT2D eigenvalue weighted by Gasteiger charge is 2.35. The van der Waals surface area contributed by atoms with E-state index in [4.69, 9.17) is 9.97 Å². The van der Waals surface area contributed by atoms with Crippen LogP contribution in [0.4, 0.5) is 0 Å². The van der Waals surface area contributed by atoms with Crippen molar-refractivity contribution in [1.29, 1.82) is 0 Å². The summed E-state index contributed by atoms with van der Waals surface area (Å²) in [4.78, 5) is 10.7. The van der Waals surface area contributed by atoms with E-state index in [1.54, 1.807) is 0 Å². The molecule has 0 N–H and O–H groups in total. The van der Waals surface area contributed by atoms with Gasteiger partial charge < -0.3 is 0 Å². The lowest BCUT2D eigenvalue weighted by Gasteiger charge is -2.22. The fourth-order valence-electron chi connectivity index (χ4n) is 8.33. The molecule has 0 amide bonds. The van der Waals surface area contributed by atoms with Gasteiger partial charge in [0.2, 0.25) is 0 Å². The van der Waals surface area contributed by atoms with Crippen molar-refractivity contribution in [3.8, 4) is 67.3 Å². The Kier molecular flexibility index (Phi) is 7.19. The van der Waals surface area contributed by atoms with Crippen molar-refractivity contribution in [3.63, 3.8) is 0 Å². The summed E-state index contributed by atoms with van der Waals surface area (Å²) in [6.45, 7) is 4.70. The smallest absolute Gasteiger partial charge is 0.160 e. The monoisotopic (exact) mass is 676 g/mol. The average Bonchev–Trinajstić information content (AvgIpc) is 3.45. The van der Waals surface area contributed by atoms with Gasteiger partial charge in [0.05, 0.1) is 11.4 Å². The number of benzene rings is 8. The van der Waals surface area contributed by atoms with E-state index in [1.165, 1.54) is 43.8 Å². The summed E-state index contributed by atoms with van der Waals surface area (Å²) < 4.78 is 0. The molecule has 9 aromatic rings. The molecule has 0 unspecified atom stereocenters. The van der Waals surface area contributed by atoms with Crippen molar-refractivity contribution in [3.05, 3.63) is 193 Å². The third-order valence-corrected chi connectivity index (χ3v) is 11.1. The summed E-state index contributed by atoms with van der Waals surface area (Å²) >= 11 is 0. The molecule has 1 aromatic heterocycles. The van der Waals surface area contributed by atoms with Crippen molar-refractivity contribution < 1.29 is 0 Å². The van der Waals surface area contributed by atoms with Crippen LogP contribution in [0.2, 0.25) is 0 Å². The number of hydrogen-bond acceptors (Lipinski definition) is 2. The van der Waals surface area contributed by atoms with Gasteiger partial charge in [-0.25, -0.2) is 9.97 Å². The molecule has 1 aliphatic rings. The van der Waals surface area contributed by atoms with Crippen LogP contribution in [-0.2, 0) is 5.41 Å². The maximum Gasteiger partial charge on any atom is 0.160 e. The Hall–Kier alpha value is -6.64. The second-order valence-electron chi connectivity index (χ2n) is 14.6. The van der Waals surface area contributed by atoms with Crippen LogP contribution in [0.5, 0.6) is 0 Å². The molecule has 8 aromatic carbocycles. The van der Waals surface area contributed by atoms with Gasteiger partial charge in [-0.15, -0.1) is 0 Å². The zero-order valence-corrected chi connectivity index (χ0v) is 29.7. The van der Waals surface area contributed by atoms with E-state index in [0.29, 0.717) is 5.82 Å². The van der Waals surface area contributed by atoms with Gasteiger partial charge in [-0.3, -0.25) is 0 Å². The lowest BCUT2D eigenvalue weighted by Crippen LogP contribution is -2.14. The van der Waals surface area contributed by atoms with Crippen molar-refractivity contribution in [1.82, 2.24) is 9.97 Å². The van der Waals surface area contributed by atoms with Crippen molar-refractivity contribution >= 4 is 21.5 Å². The largest absolute Gasteiger partial charge is 0.228 e. The van der Waals surface area contributed by atoms with Crippen LogP contribution in [0.25, 0.3) is 88.8 Å². The fourth-order valence-corrected chi connectivity index (χ4v) is 8.33. The van der Waals surface area contributed by atoms with Crippen LogP contribution in [0, 0.1) is 0 Å². The van der Waals surface area contributed by atoms with Crippen LogP contribution in [0.3, 0.4) is 0 Å². The molecule has 53 heavy (non-hydrogen) atoms. The Labute approximate surface area is 310 Å². The van der Waals surface area contributed by atoms with E-state index >= 15 is 0 Å². The van der Waals surface area contributed by atoms with Crippen molar-refractivity contribution in [2.75, 3.05) is 0 Å². The van der Waals surface area contributed by atoms with Crippen molar-refractivity contribution in [2.24, 2.45) is 0 Å². The third-order valence-electron chi connectivity index (χ3n) is 11.1. The molecule has 1 aliphatic carbocycles. The summed E-state index contributed by atoms with van der Waals surface area (Å²) in [6.07, 6.45) is 0. The van der Waals surface area contributed by atoms with Gasteiger partial charge in [0, 0.05) is 22.1 Å². The summed E-state index contributed by atoms with van der Waals surface area (Å²) in [5, 5.41) is 4.93. The maximum absolute atomic E-state index is 5.40. The maximum atomic E-state index is 5.40. The summed E-state index contributed by atoms with van der Waals surface area (Å²) in [6, 6.07) is 65.4. The Bertz CT molecular complexity index is 2780. The molecule has 1 heterocycles. The van der Waals surface area contributed by atoms with Gasteiger partial charge in [0.15, 0.2) is 5.82 Å². The second kappa shape index (κ2) is 12.3. The summed E-state index contributed by atoms with van der Waals surface area (Å²) in [5.41, 5.74) is 14.9. The zero-order valence-electron chi connectivity index (χ0n) is 29.7. The van der Waals surface area contributed by atoms with Gasteiger partial charge in [0.1, 0.15) is 0 Å². The molecule has 0 spiro atoms. The quantitative estimate of drug-likeness (QED) is 0.170. The summed E-state index contributed by atoms with van der Waals surface area (Å²) in [5.74, 6) is 0.700. The van der Waals surface area contributed by atoms with Crippen LogP contribution < -0.4 is 0 Å². The first kappa shape index (κ1) is 31.1. The number of hydrogen-bond donors (Lipinski definition) is 0. The first-order valence-corrected chi connectivity index (χ1v) is 18.3. The summed E-state index contributed by atoms with van der Waals surface area (Å²) in [7, 11) is 0. The molecule has 0 atom stereocenters. The Morgan fingerprint density at radius 1 is 0.340 bits per heavy atom. The standard InChI is InChI=1S/C51H36N2/c1-51(2)46-24-13-12-21-42(46)45-30-36-25-26-41-40(44(36)31-47(45)51)22-14-23-43(41)49-32-48(35-19-10-5-11-20-35)52-50(53-49)39-28-37(33-15-6-3-7-16-33)27-38(29-39)34-17-8-4-9-18-34/h3-32H,1-2H3. The first-order valence-electron chi connectivity index (χ1n) is 18.3. The SMILES string of the molecule is CC1(C)c2ccccc2-c2cc3ccc4c(-c5cc(-c6ccccc6)nc(-c6cc(-c7ccccc7)cc(-c7ccccc7)c6)n5)cccc4c3cc21. The predicted octanol–water partition coefficient (Wildman–Crippen LogP) is 13.4. The molecular formula is C51H36N2. The van der Waals surface area contributed by atoms with Crippen LogP contribution in [0.1, 0.15) is 25.0 Å². The molecule has 2 nitrogen and oxygen atoms in total. The molecule has 10 rings (SSSR count). The third kappa shape index (κ3) is 5.26. The van der Waals surface area contributed by atoms with E-state index in [2.05, 4.69) is 190 Å². The molecule has 0 radical (unpaired) electrons. The van der Waals surface area contributed by atoms with Gasteiger partial charge in [-0.1, -0.05) is 159 Å². The van der Waals surface area contributed by atoms with Crippen LogP contribution in [0.15, 0.2) is 182 Å². The lowest BCUT2D eigenvalue weighted by molar-refractivity contribution is 0.661. The van der Waals surface area contributed by atoms with E-state index in [1.807, 2.05) is 6.07 Å². The van der Waals surface area contributed by atoms with E-state index in [9.17, 15) is 0 Å².